The van der Waals surface area contributed by atoms with Crippen LogP contribution in [0.2, 0.25) is 0 Å². The van der Waals surface area contributed by atoms with Crippen LogP contribution in [0.3, 0.4) is 0 Å². The van der Waals surface area contributed by atoms with Crippen molar-refractivity contribution in [2.24, 2.45) is 0 Å². The molecule has 142 valence electrons. The van der Waals surface area contributed by atoms with Crippen LogP contribution in [0.1, 0.15) is 11.8 Å². The highest BCUT2D eigenvalue weighted by molar-refractivity contribution is 9.10. The summed E-state index contributed by atoms with van der Waals surface area (Å²) in [5.74, 6) is 0.122. The maximum Gasteiger partial charge on any atom is 0.247 e. The highest BCUT2D eigenvalue weighted by Crippen LogP contribution is 2.32. The maximum atomic E-state index is 10.1. The molecule has 3 heterocycles. The van der Waals surface area contributed by atoms with Crippen LogP contribution in [0.4, 0.5) is 5.95 Å². The molecule has 1 saturated heterocycles. The summed E-state index contributed by atoms with van der Waals surface area (Å²) in [7, 11) is 0. The number of aromatic nitrogens is 4. The van der Waals surface area contributed by atoms with Crippen LogP contribution in [0.25, 0.3) is 11.2 Å². The Morgan fingerprint density at radius 3 is 2.56 bits per heavy atom. The number of rotatable bonds is 4. The van der Waals surface area contributed by atoms with Crippen molar-refractivity contribution in [3.8, 4) is 5.88 Å². The van der Waals surface area contributed by atoms with Gasteiger partial charge in [0.2, 0.25) is 11.8 Å². The van der Waals surface area contributed by atoms with Crippen molar-refractivity contribution >= 4 is 33.0 Å². The molecule has 1 fully saturated rings. The Morgan fingerprint density at radius 2 is 1.89 bits per heavy atom. The van der Waals surface area contributed by atoms with Crippen molar-refractivity contribution in [1.82, 2.24) is 19.5 Å². The monoisotopic (exact) mass is 437 g/mol. The zero-order valence-electron chi connectivity index (χ0n) is 13.8. The van der Waals surface area contributed by atoms with Crippen LogP contribution < -0.4 is 10.5 Å². The average Bonchev–Trinajstić information content (AvgIpc) is 3.17. The summed E-state index contributed by atoms with van der Waals surface area (Å²) in [6.45, 7) is 0.242. The highest BCUT2D eigenvalue weighted by Gasteiger charge is 2.43. The SMILES string of the molecule is Nc1nc(OCc2ccc(Br)cc2)c2ncn([C@@H]3O[C@H](O)[C@@H](O)[C@H]3O)c2n1. The Labute approximate surface area is 161 Å². The second kappa shape index (κ2) is 7.02. The fourth-order valence-electron chi connectivity index (χ4n) is 2.80. The largest absolute Gasteiger partial charge is 0.471 e. The summed E-state index contributed by atoms with van der Waals surface area (Å²) in [6, 6.07) is 7.59. The molecule has 0 saturated carbocycles. The normalized spacial score (nSPS) is 25.2. The molecule has 4 atom stereocenters. The molecular weight excluding hydrogens is 422 g/mol. The lowest BCUT2D eigenvalue weighted by molar-refractivity contribution is -0.141. The lowest BCUT2D eigenvalue weighted by Crippen LogP contribution is -2.31. The third-order valence-electron chi connectivity index (χ3n) is 4.18. The first-order valence-electron chi connectivity index (χ1n) is 8.01. The Kier molecular flexibility index (Phi) is 4.70. The Bertz CT molecular complexity index is 966. The number of ether oxygens (including phenoxy) is 2. The Balaban J connectivity index is 1.65. The van der Waals surface area contributed by atoms with Gasteiger partial charge in [-0.2, -0.15) is 9.97 Å². The minimum atomic E-state index is -1.52. The fraction of sp³-hybridized carbons (Fsp3) is 0.312. The van der Waals surface area contributed by atoms with E-state index in [1.54, 1.807) is 0 Å². The molecule has 0 amide bonds. The van der Waals surface area contributed by atoms with Crippen LogP contribution in [-0.4, -0.2) is 53.3 Å². The number of fused-ring (bicyclic) bond motifs is 1. The number of nitrogens with zero attached hydrogens (tertiary/aromatic N) is 4. The number of hydrogen-bond donors (Lipinski definition) is 4. The van der Waals surface area contributed by atoms with Gasteiger partial charge < -0.3 is 30.5 Å². The van der Waals surface area contributed by atoms with Crippen LogP contribution in [0.5, 0.6) is 5.88 Å². The van der Waals surface area contributed by atoms with Crippen molar-refractivity contribution in [2.45, 2.75) is 31.3 Å². The maximum absolute atomic E-state index is 10.1. The summed E-state index contributed by atoms with van der Waals surface area (Å²) in [6.07, 6.45) is -4.05. The van der Waals surface area contributed by atoms with Crippen molar-refractivity contribution in [1.29, 1.82) is 0 Å². The van der Waals surface area contributed by atoms with Gasteiger partial charge in [0.1, 0.15) is 18.8 Å². The van der Waals surface area contributed by atoms with Gasteiger partial charge in [-0.15, -0.1) is 0 Å². The summed E-state index contributed by atoms with van der Waals surface area (Å²) < 4.78 is 13.3. The molecule has 3 aromatic rings. The van der Waals surface area contributed by atoms with Crippen molar-refractivity contribution in [3.05, 3.63) is 40.6 Å². The van der Waals surface area contributed by atoms with Gasteiger partial charge in [-0.1, -0.05) is 28.1 Å². The standard InChI is InChI=1S/C16H16BrN5O5/c17-8-3-1-7(2-4-8)5-26-13-9-12(20-16(18)21-13)22(6-19-9)14-10(23)11(24)15(25)27-14/h1-4,6,10-11,14-15,23-25H,5H2,(H2,18,20,21)/t10-,11+,14-,15+/m1/s1. The van der Waals surface area contributed by atoms with Gasteiger partial charge in [0.05, 0.1) is 6.33 Å². The molecule has 1 aliphatic heterocycles. The van der Waals surface area contributed by atoms with Gasteiger partial charge in [-0.05, 0) is 17.7 Å². The first kappa shape index (κ1) is 18.1. The topological polar surface area (TPSA) is 149 Å². The Morgan fingerprint density at radius 1 is 1.15 bits per heavy atom. The minimum absolute atomic E-state index is 0.0522. The van der Waals surface area contributed by atoms with Gasteiger partial charge >= 0.3 is 0 Å². The molecule has 11 heteroatoms. The predicted octanol–water partition coefficient (Wildman–Crippen LogP) is 0.319. The van der Waals surface area contributed by atoms with Crippen LogP contribution in [-0.2, 0) is 11.3 Å². The van der Waals surface area contributed by atoms with Gasteiger partial charge in [0.15, 0.2) is 23.7 Å². The van der Waals surface area contributed by atoms with Gasteiger partial charge in [0, 0.05) is 4.47 Å². The molecule has 1 aromatic carbocycles. The quantitative estimate of drug-likeness (QED) is 0.452. The van der Waals surface area contributed by atoms with Gasteiger partial charge in [-0.25, -0.2) is 4.98 Å². The molecule has 0 spiro atoms. The first-order valence-corrected chi connectivity index (χ1v) is 8.80. The number of hydrogen-bond acceptors (Lipinski definition) is 9. The third kappa shape index (κ3) is 3.35. The summed E-state index contributed by atoms with van der Waals surface area (Å²) in [4.78, 5) is 12.4. The van der Waals surface area contributed by atoms with E-state index < -0.39 is 24.7 Å². The number of benzene rings is 1. The van der Waals surface area contributed by atoms with E-state index in [2.05, 4.69) is 30.9 Å². The van der Waals surface area contributed by atoms with E-state index in [1.807, 2.05) is 24.3 Å². The van der Waals surface area contributed by atoms with Crippen molar-refractivity contribution < 1.29 is 24.8 Å². The lowest BCUT2D eigenvalue weighted by Gasteiger charge is -2.16. The second-order valence-corrected chi connectivity index (χ2v) is 6.94. The van der Waals surface area contributed by atoms with E-state index in [9.17, 15) is 15.3 Å². The number of anilines is 1. The molecule has 0 aliphatic carbocycles. The average molecular weight is 438 g/mol. The van der Waals surface area contributed by atoms with E-state index >= 15 is 0 Å². The van der Waals surface area contributed by atoms with E-state index in [4.69, 9.17) is 15.2 Å². The number of halogens is 1. The molecule has 1 aliphatic rings. The number of aliphatic hydroxyl groups is 3. The van der Waals surface area contributed by atoms with Crippen molar-refractivity contribution in [2.75, 3.05) is 5.73 Å². The second-order valence-electron chi connectivity index (χ2n) is 6.02. The molecule has 4 rings (SSSR count). The molecule has 5 N–H and O–H groups in total. The highest BCUT2D eigenvalue weighted by atomic mass is 79.9. The molecule has 0 radical (unpaired) electrons. The van der Waals surface area contributed by atoms with Gasteiger partial charge in [0.25, 0.3) is 0 Å². The predicted molar refractivity (Wildman–Crippen MR) is 96.4 cm³/mol. The van der Waals surface area contributed by atoms with Crippen LogP contribution in [0.15, 0.2) is 35.1 Å². The van der Waals surface area contributed by atoms with E-state index in [1.165, 1.54) is 10.9 Å². The fourth-order valence-corrected chi connectivity index (χ4v) is 3.06. The number of aliphatic hydroxyl groups excluding tert-OH is 3. The summed E-state index contributed by atoms with van der Waals surface area (Å²) >= 11 is 3.37. The molecule has 0 bridgehead atoms. The number of nitrogen functional groups attached to an aromatic ring is 1. The smallest absolute Gasteiger partial charge is 0.247 e. The van der Waals surface area contributed by atoms with Crippen LogP contribution >= 0.6 is 15.9 Å². The summed E-state index contributed by atoms with van der Waals surface area (Å²) in [5.41, 5.74) is 7.26. The zero-order valence-corrected chi connectivity index (χ0v) is 15.4. The number of nitrogens with two attached hydrogens (primary N) is 1. The zero-order chi connectivity index (χ0) is 19.1. The Hall–Kier alpha value is -2.31. The lowest BCUT2D eigenvalue weighted by atomic mass is 10.2. The summed E-state index contributed by atoms with van der Waals surface area (Å²) in [5, 5.41) is 29.4. The minimum Gasteiger partial charge on any atom is -0.471 e. The molecular formula is C16H16BrN5O5. The molecule has 2 aromatic heterocycles. The number of imidazole rings is 1. The molecule has 0 unspecified atom stereocenters. The molecule has 27 heavy (non-hydrogen) atoms. The van der Waals surface area contributed by atoms with Crippen LogP contribution in [0, 0.1) is 0 Å². The third-order valence-corrected chi connectivity index (χ3v) is 4.71. The van der Waals surface area contributed by atoms with E-state index in [-0.39, 0.29) is 24.1 Å². The molecule has 10 nitrogen and oxygen atoms in total. The van der Waals surface area contributed by atoms with Crippen molar-refractivity contribution in [3.63, 3.8) is 0 Å². The van der Waals surface area contributed by atoms with Gasteiger partial charge in [-0.3, -0.25) is 4.57 Å². The van der Waals surface area contributed by atoms with E-state index in [0.717, 1.165) is 10.0 Å². The first-order chi connectivity index (χ1) is 12.9. The van der Waals surface area contributed by atoms with E-state index in [0.29, 0.717) is 5.52 Å².